The highest BCUT2D eigenvalue weighted by Gasteiger charge is 2.31. The van der Waals surface area contributed by atoms with Gasteiger partial charge in [-0.05, 0) is 31.0 Å². The number of hydrogen-bond acceptors (Lipinski definition) is 3. The Morgan fingerprint density at radius 3 is 2.50 bits per heavy atom. The number of aliphatic hydroxyl groups is 1. The predicted octanol–water partition coefficient (Wildman–Crippen LogP) is 2.66. The lowest BCUT2D eigenvalue weighted by molar-refractivity contribution is -0.119. The number of alkyl halides is 3. The molecule has 0 fully saturated rings. The summed E-state index contributed by atoms with van der Waals surface area (Å²) >= 11 is 0. The number of hydrogen-bond donors (Lipinski definition) is 1. The molecule has 0 spiro atoms. The highest BCUT2D eigenvalue weighted by atomic mass is 19.4. The minimum Gasteiger partial charge on any atom is -0.392 e. The van der Waals surface area contributed by atoms with E-state index in [1.807, 2.05) is 6.92 Å². The van der Waals surface area contributed by atoms with E-state index in [0.717, 1.165) is 0 Å². The van der Waals surface area contributed by atoms with E-state index < -0.39 is 12.7 Å². The summed E-state index contributed by atoms with van der Waals surface area (Å²) in [5.74, 6) is 0.262. The Morgan fingerprint density at radius 1 is 1.33 bits per heavy atom. The molecule has 1 aromatic rings. The molecule has 0 amide bonds. The lowest BCUT2D eigenvalue weighted by Crippen LogP contribution is -2.35. The van der Waals surface area contributed by atoms with Crippen molar-refractivity contribution in [3.05, 3.63) is 23.4 Å². The summed E-state index contributed by atoms with van der Waals surface area (Å²) in [4.78, 5) is 5.29. The minimum atomic E-state index is -4.26. The SMILES string of the molecule is CCCN(CC(F)(F)F)c1cc(CO)cc(C)n1. The summed E-state index contributed by atoms with van der Waals surface area (Å²) in [6.45, 7) is 2.55. The molecule has 0 aliphatic heterocycles. The maximum Gasteiger partial charge on any atom is 0.405 e. The monoisotopic (exact) mass is 262 g/mol. The Bertz CT molecular complexity index is 393. The van der Waals surface area contributed by atoms with Crippen molar-refractivity contribution in [3.63, 3.8) is 0 Å². The summed E-state index contributed by atoms with van der Waals surface area (Å²) in [6, 6.07) is 3.15. The smallest absolute Gasteiger partial charge is 0.392 e. The van der Waals surface area contributed by atoms with Crippen LogP contribution >= 0.6 is 0 Å². The summed E-state index contributed by atoms with van der Waals surface area (Å²) in [7, 11) is 0. The normalized spacial score (nSPS) is 11.7. The summed E-state index contributed by atoms with van der Waals surface area (Å²) < 4.78 is 37.4. The first-order chi connectivity index (χ1) is 8.35. The Morgan fingerprint density at radius 2 is 2.00 bits per heavy atom. The van der Waals surface area contributed by atoms with Crippen molar-refractivity contribution >= 4 is 5.82 Å². The molecule has 0 aromatic carbocycles. The van der Waals surface area contributed by atoms with Crippen molar-refractivity contribution in [1.82, 2.24) is 4.98 Å². The summed E-state index contributed by atoms with van der Waals surface area (Å²) in [5.41, 5.74) is 1.17. The molecule has 0 aliphatic rings. The maximum atomic E-state index is 12.5. The van der Waals surface area contributed by atoms with Gasteiger partial charge >= 0.3 is 6.18 Å². The van der Waals surface area contributed by atoms with Crippen LogP contribution < -0.4 is 4.90 Å². The second-order valence-electron chi connectivity index (χ2n) is 4.17. The molecule has 1 rings (SSSR count). The van der Waals surface area contributed by atoms with Crippen LogP contribution in [0.15, 0.2) is 12.1 Å². The van der Waals surface area contributed by atoms with Gasteiger partial charge in [0.15, 0.2) is 0 Å². The van der Waals surface area contributed by atoms with Crippen LogP contribution in [0.1, 0.15) is 24.6 Å². The van der Waals surface area contributed by atoms with Gasteiger partial charge in [-0.1, -0.05) is 6.92 Å². The molecule has 6 heteroatoms. The first-order valence-electron chi connectivity index (χ1n) is 5.76. The van der Waals surface area contributed by atoms with Gasteiger partial charge < -0.3 is 10.0 Å². The molecular weight excluding hydrogens is 245 g/mol. The lowest BCUT2D eigenvalue weighted by atomic mass is 10.2. The number of aromatic nitrogens is 1. The van der Waals surface area contributed by atoms with Crippen LogP contribution in [0.25, 0.3) is 0 Å². The second kappa shape index (κ2) is 6.04. The summed E-state index contributed by atoms with van der Waals surface area (Å²) in [5, 5.41) is 9.06. The van der Waals surface area contributed by atoms with E-state index in [0.29, 0.717) is 17.7 Å². The first kappa shape index (κ1) is 14.8. The van der Waals surface area contributed by atoms with E-state index in [9.17, 15) is 13.2 Å². The minimum absolute atomic E-state index is 0.206. The number of anilines is 1. The number of halogens is 3. The third-order valence-corrected chi connectivity index (χ3v) is 2.37. The van der Waals surface area contributed by atoms with Gasteiger partial charge in [0, 0.05) is 12.2 Å². The predicted molar refractivity (Wildman–Crippen MR) is 63.5 cm³/mol. The van der Waals surface area contributed by atoms with Gasteiger partial charge in [0.05, 0.1) is 6.61 Å². The van der Waals surface area contributed by atoms with Crippen LogP contribution in [0.5, 0.6) is 0 Å². The van der Waals surface area contributed by atoms with Gasteiger partial charge in [-0.2, -0.15) is 13.2 Å². The molecular formula is C12H17F3N2O. The number of aryl methyl sites for hydroxylation is 1. The Labute approximate surface area is 104 Å². The van der Waals surface area contributed by atoms with Crippen molar-refractivity contribution < 1.29 is 18.3 Å². The molecule has 1 aromatic heterocycles. The number of nitrogens with zero attached hydrogens (tertiary/aromatic N) is 2. The highest BCUT2D eigenvalue weighted by Crippen LogP contribution is 2.22. The standard InChI is InChI=1S/C12H17F3N2O/c1-3-4-17(8-12(13,14)15)11-6-10(7-18)5-9(2)16-11/h5-6,18H,3-4,7-8H2,1-2H3. The van der Waals surface area contributed by atoms with Gasteiger partial charge in [-0.25, -0.2) is 4.98 Å². The van der Waals surface area contributed by atoms with Gasteiger partial charge in [-0.15, -0.1) is 0 Å². The molecule has 3 nitrogen and oxygen atoms in total. The molecule has 1 heterocycles. The largest absolute Gasteiger partial charge is 0.405 e. The molecule has 0 saturated carbocycles. The topological polar surface area (TPSA) is 36.4 Å². The van der Waals surface area contributed by atoms with Crippen molar-refractivity contribution in [2.75, 3.05) is 18.0 Å². The van der Waals surface area contributed by atoms with E-state index in [4.69, 9.17) is 5.11 Å². The van der Waals surface area contributed by atoms with Crippen LogP contribution in [-0.4, -0.2) is 29.4 Å². The summed E-state index contributed by atoms with van der Waals surface area (Å²) in [6.07, 6.45) is -3.67. The molecule has 1 N–H and O–H groups in total. The zero-order chi connectivity index (χ0) is 13.8. The number of aliphatic hydroxyl groups excluding tert-OH is 1. The molecule has 0 atom stereocenters. The fraction of sp³-hybridized carbons (Fsp3) is 0.583. The Balaban J connectivity index is 3.01. The van der Waals surface area contributed by atoms with E-state index in [2.05, 4.69) is 4.98 Å². The van der Waals surface area contributed by atoms with Crippen LogP contribution in [0.2, 0.25) is 0 Å². The van der Waals surface area contributed by atoms with Gasteiger partial charge in [-0.3, -0.25) is 0 Å². The zero-order valence-corrected chi connectivity index (χ0v) is 10.5. The van der Waals surface area contributed by atoms with Gasteiger partial charge in [0.25, 0.3) is 0 Å². The zero-order valence-electron chi connectivity index (χ0n) is 10.5. The van der Waals surface area contributed by atoms with Crippen molar-refractivity contribution in [2.24, 2.45) is 0 Å². The number of pyridine rings is 1. The quantitative estimate of drug-likeness (QED) is 0.886. The van der Waals surface area contributed by atoms with Crippen LogP contribution in [0.4, 0.5) is 19.0 Å². The van der Waals surface area contributed by atoms with E-state index in [1.165, 1.54) is 11.0 Å². The molecule has 0 unspecified atom stereocenters. The molecule has 18 heavy (non-hydrogen) atoms. The van der Waals surface area contributed by atoms with Crippen LogP contribution in [-0.2, 0) is 6.61 Å². The third kappa shape index (κ3) is 4.52. The lowest BCUT2D eigenvalue weighted by Gasteiger charge is -2.25. The molecule has 102 valence electrons. The Hall–Kier alpha value is -1.30. The molecule has 0 aliphatic carbocycles. The van der Waals surface area contributed by atoms with Crippen LogP contribution in [0, 0.1) is 6.92 Å². The van der Waals surface area contributed by atoms with Crippen molar-refractivity contribution in [3.8, 4) is 0 Å². The van der Waals surface area contributed by atoms with E-state index in [-0.39, 0.29) is 19.0 Å². The van der Waals surface area contributed by atoms with Crippen LogP contribution in [0.3, 0.4) is 0 Å². The number of rotatable bonds is 5. The van der Waals surface area contributed by atoms with Crippen molar-refractivity contribution in [2.45, 2.75) is 33.1 Å². The first-order valence-corrected chi connectivity index (χ1v) is 5.76. The molecule has 0 saturated heterocycles. The van der Waals surface area contributed by atoms with E-state index in [1.54, 1.807) is 13.0 Å². The average Bonchev–Trinajstić information content (AvgIpc) is 2.26. The van der Waals surface area contributed by atoms with Crippen molar-refractivity contribution in [1.29, 1.82) is 0 Å². The third-order valence-electron chi connectivity index (χ3n) is 2.37. The van der Waals surface area contributed by atoms with E-state index >= 15 is 0 Å². The maximum absolute atomic E-state index is 12.5. The fourth-order valence-corrected chi connectivity index (χ4v) is 1.74. The Kier molecular flexibility index (Phi) is 4.95. The fourth-order valence-electron chi connectivity index (χ4n) is 1.74. The van der Waals surface area contributed by atoms with Gasteiger partial charge in [0.2, 0.25) is 0 Å². The van der Waals surface area contributed by atoms with Gasteiger partial charge in [0.1, 0.15) is 12.4 Å². The highest BCUT2D eigenvalue weighted by molar-refractivity contribution is 5.42. The molecule has 0 bridgehead atoms. The second-order valence-corrected chi connectivity index (χ2v) is 4.17. The average molecular weight is 262 g/mol. The molecule has 0 radical (unpaired) electrons.